The number of hydrogen-bond donors (Lipinski definition) is 1. The van der Waals surface area contributed by atoms with E-state index in [-0.39, 0.29) is 12.2 Å². The van der Waals surface area contributed by atoms with E-state index in [9.17, 15) is 14.0 Å². The maximum atomic E-state index is 13.8. The molecule has 0 saturated heterocycles. The predicted molar refractivity (Wildman–Crippen MR) is 165 cm³/mol. The predicted octanol–water partition coefficient (Wildman–Crippen LogP) is 7.50. The van der Waals surface area contributed by atoms with Crippen LogP contribution in [0, 0.1) is 5.82 Å². The molecule has 1 aliphatic heterocycles. The molecule has 2 amide bonds. The number of aromatic nitrogens is 3. The second-order valence-electron chi connectivity index (χ2n) is 11.1. The molecule has 3 heterocycles. The van der Waals surface area contributed by atoms with Crippen molar-refractivity contribution in [3.63, 3.8) is 0 Å². The first-order valence-corrected chi connectivity index (χ1v) is 14.4. The van der Waals surface area contributed by atoms with Crippen molar-refractivity contribution in [2.45, 2.75) is 45.8 Å². The second-order valence-corrected chi connectivity index (χ2v) is 11.9. The van der Waals surface area contributed by atoms with Gasteiger partial charge < -0.3 is 10.1 Å². The molecule has 0 radical (unpaired) electrons. The number of halogens is 3. The number of rotatable bonds is 5. The summed E-state index contributed by atoms with van der Waals surface area (Å²) in [6, 6.07) is 15.9. The van der Waals surface area contributed by atoms with Gasteiger partial charge in [0.05, 0.1) is 33.8 Å². The Balaban J connectivity index is 1.69. The van der Waals surface area contributed by atoms with Gasteiger partial charge in [0.1, 0.15) is 11.4 Å². The number of ether oxygens (including phenoxy) is 1. The van der Waals surface area contributed by atoms with Gasteiger partial charge in [-0.3, -0.25) is 14.7 Å². The van der Waals surface area contributed by atoms with E-state index in [1.165, 1.54) is 17.0 Å². The van der Waals surface area contributed by atoms with Gasteiger partial charge in [-0.25, -0.2) is 13.9 Å². The maximum Gasteiger partial charge on any atom is 0.414 e. The van der Waals surface area contributed by atoms with Gasteiger partial charge in [-0.15, -0.1) is 0 Å². The summed E-state index contributed by atoms with van der Waals surface area (Å²) < 4.78 is 21.1. The topological polar surface area (TPSA) is 89.4 Å². The Labute approximate surface area is 259 Å². The zero-order chi connectivity index (χ0) is 30.9. The van der Waals surface area contributed by atoms with E-state index in [4.69, 9.17) is 33.0 Å². The van der Waals surface area contributed by atoms with Gasteiger partial charge in [0, 0.05) is 23.3 Å². The summed E-state index contributed by atoms with van der Waals surface area (Å²) in [7, 11) is 0. The standard InChI is InChI=1S/C32H30Cl2FN5O3/c1-19(25-7-5-6-15-36-25)37-30(41)28-23-14-16-39(31(42)43-32(2,3)4)27(17-20-8-11-22(35)12-9-20)29(23)40(38-28)26-13-10-21(33)18-24(26)34/h5-13,15,17-19H,14,16H2,1-4H3,(H,37,41). The molecule has 1 unspecified atom stereocenters. The molecule has 1 N–H and O–H groups in total. The Morgan fingerprint density at radius 1 is 1.09 bits per heavy atom. The summed E-state index contributed by atoms with van der Waals surface area (Å²) in [5.41, 5.74) is 2.70. The van der Waals surface area contributed by atoms with E-state index >= 15 is 0 Å². The van der Waals surface area contributed by atoms with Crippen molar-refractivity contribution in [3.8, 4) is 5.69 Å². The minimum Gasteiger partial charge on any atom is -0.443 e. The number of hydrogen-bond acceptors (Lipinski definition) is 5. The quantitative estimate of drug-likeness (QED) is 0.249. The van der Waals surface area contributed by atoms with E-state index in [1.807, 2.05) is 19.1 Å². The number of carbonyl (C=O) groups excluding carboxylic acids is 2. The second kappa shape index (κ2) is 12.2. The summed E-state index contributed by atoms with van der Waals surface area (Å²) in [4.78, 5) is 33.1. The van der Waals surface area contributed by atoms with Crippen molar-refractivity contribution in [1.29, 1.82) is 0 Å². The molecule has 0 aliphatic carbocycles. The average molecular weight is 623 g/mol. The van der Waals surface area contributed by atoms with Crippen LogP contribution in [0.25, 0.3) is 17.5 Å². The highest BCUT2D eigenvalue weighted by molar-refractivity contribution is 6.35. The summed E-state index contributed by atoms with van der Waals surface area (Å²) in [5.74, 6) is -0.806. The molecule has 0 saturated carbocycles. The van der Waals surface area contributed by atoms with Crippen molar-refractivity contribution in [2.75, 3.05) is 6.54 Å². The lowest BCUT2D eigenvalue weighted by atomic mass is 9.99. The minimum atomic E-state index is -0.759. The molecule has 5 rings (SSSR count). The number of benzene rings is 2. The smallest absolute Gasteiger partial charge is 0.414 e. The molecule has 2 aromatic heterocycles. The molecule has 4 aromatic rings. The van der Waals surface area contributed by atoms with Crippen molar-refractivity contribution in [1.82, 2.24) is 25.0 Å². The van der Waals surface area contributed by atoms with Gasteiger partial charge in [-0.1, -0.05) is 41.4 Å². The van der Waals surface area contributed by atoms with Crippen molar-refractivity contribution < 1.29 is 18.7 Å². The first-order valence-electron chi connectivity index (χ1n) is 13.7. The third-order valence-corrected chi connectivity index (χ3v) is 7.26. The van der Waals surface area contributed by atoms with Crippen LogP contribution < -0.4 is 5.32 Å². The van der Waals surface area contributed by atoms with Crippen LogP contribution in [-0.2, 0) is 11.2 Å². The molecule has 11 heteroatoms. The fourth-order valence-corrected chi connectivity index (χ4v) is 5.26. The number of pyridine rings is 1. The van der Waals surface area contributed by atoms with Gasteiger partial charge in [-0.05, 0) is 88.2 Å². The molecular formula is C32H30Cl2FN5O3. The normalized spacial score (nSPS) is 14.8. The third kappa shape index (κ3) is 6.73. The van der Waals surface area contributed by atoms with Gasteiger partial charge >= 0.3 is 6.09 Å². The van der Waals surface area contributed by atoms with Gasteiger partial charge in [0.25, 0.3) is 5.91 Å². The van der Waals surface area contributed by atoms with Crippen LogP contribution in [0.2, 0.25) is 10.0 Å². The highest BCUT2D eigenvalue weighted by Gasteiger charge is 2.37. The van der Waals surface area contributed by atoms with E-state index in [1.54, 1.807) is 74.1 Å². The first-order chi connectivity index (χ1) is 20.4. The molecule has 0 bridgehead atoms. The fourth-order valence-electron chi connectivity index (χ4n) is 4.77. The Bertz CT molecular complexity index is 1700. The largest absolute Gasteiger partial charge is 0.443 e. The van der Waals surface area contributed by atoms with Crippen LogP contribution in [0.15, 0.2) is 66.9 Å². The summed E-state index contributed by atoms with van der Waals surface area (Å²) in [6.45, 7) is 7.40. The number of amides is 2. The molecule has 2 aromatic carbocycles. The molecule has 1 aliphatic rings. The summed E-state index contributed by atoms with van der Waals surface area (Å²) in [6.07, 6.45) is 3.13. The fraction of sp³-hybridized carbons (Fsp3) is 0.250. The van der Waals surface area contributed by atoms with Crippen molar-refractivity contribution >= 4 is 47.0 Å². The van der Waals surface area contributed by atoms with E-state index in [2.05, 4.69) is 10.3 Å². The average Bonchev–Trinajstić information content (AvgIpc) is 3.34. The van der Waals surface area contributed by atoms with Crippen LogP contribution in [0.3, 0.4) is 0 Å². The number of nitrogens with zero attached hydrogens (tertiary/aromatic N) is 4. The monoisotopic (exact) mass is 621 g/mol. The van der Waals surface area contributed by atoms with Gasteiger partial charge in [0.2, 0.25) is 0 Å². The number of nitrogens with one attached hydrogen (secondary N) is 1. The molecule has 0 spiro atoms. The van der Waals surface area contributed by atoms with E-state index < -0.39 is 29.5 Å². The minimum absolute atomic E-state index is 0.178. The first kappa shape index (κ1) is 30.3. The zero-order valence-electron chi connectivity index (χ0n) is 24.1. The molecule has 1 atom stereocenters. The van der Waals surface area contributed by atoms with Gasteiger partial charge in [-0.2, -0.15) is 5.10 Å². The van der Waals surface area contributed by atoms with Crippen molar-refractivity contribution in [2.24, 2.45) is 0 Å². The molecular weight excluding hydrogens is 592 g/mol. The molecule has 222 valence electrons. The number of fused-ring (bicyclic) bond motifs is 1. The zero-order valence-corrected chi connectivity index (χ0v) is 25.6. The number of carbonyl (C=O) groups is 2. The Morgan fingerprint density at radius 3 is 2.49 bits per heavy atom. The van der Waals surface area contributed by atoms with Crippen LogP contribution >= 0.6 is 23.2 Å². The lowest BCUT2D eigenvalue weighted by Crippen LogP contribution is -2.40. The summed E-state index contributed by atoms with van der Waals surface area (Å²) >= 11 is 12.8. The maximum absolute atomic E-state index is 13.8. The van der Waals surface area contributed by atoms with Crippen LogP contribution in [0.1, 0.15) is 66.7 Å². The highest BCUT2D eigenvalue weighted by atomic mass is 35.5. The summed E-state index contributed by atoms with van der Waals surface area (Å²) in [5, 5.41) is 8.46. The lowest BCUT2D eigenvalue weighted by molar-refractivity contribution is 0.0351. The SMILES string of the molecule is CC(NC(=O)c1nn(-c2ccc(Cl)cc2Cl)c2c1CCN(C(=O)OC(C)(C)C)C2=Cc1ccc(F)cc1)c1ccccn1. The Hall–Kier alpha value is -4.21. The van der Waals surface area contributed by atoms with Crippen molar-refractivity contribution in [3.05, 3.63) is 111 Å². The van der Waals surface area contributed by atoms with E-state index in [0.717, 1.165) is 0 Å². The lowest BCUT2D eigenvalue weighted by Gasteiger charge is -2.32. The highest BCUT2D eigenvalue weighted by Crippen LogP contribution is 2.37. The van der Waals surface area contributed by atoms with Crippen LogP contribution in [0.4, 0.5) is 9.18 Å². The molecule has 8 nitrogen and oxygen atoms in total. The van der Waals surface area contributed by atoms with E-state index in [0.29, 0.717) is 50.4 Å². The van der Waals surface area contributed by atoms with Gasteiger partial charge in [0.15, 0.2) is 5.69 Å². The van der Waals surface area contributed by atoms with Crippen LogP contribution in [-0.4, -0.2) is 43.8 Å². The van der Waals surface area contributed by atoms with Crippen LogP contribution in [0.5, 0.6) is 0 Å². The third-order valence-electron chi connectivity index (χ3n) is 6.72. The molecule has 43 heavy (non-hydrogen) atoms. The Kier molecular flexibility index (Phi) is 8.57. The molecule has 0 fully saturated rings. The Morgan fingerprint density at radius 2 is 1.84 bits per heavy atom.